The van der Waals surface area contributed by atoms with Crippen molar-refractivity contribution >= 4 is 17.5 Å². The zero-order valence-corrected chi connectivity index (χ0v) is 17.1. The van der Waals surface area contributed by atoms with Crippen molar-refractivity contribution in [1.82, 2.24) is 9.80 Å². The Morgan fingerprint density at radius 2 is 1.69 bits per heavy atom. The third-order valence-corrected chi connectivity index (χ3v) is 5.29. The standard InChI is InChI=1S/C23H28FN3O2/c1-3-22(28)27(17-18-7-9-20(24)10-8-18)21-6-4-5-19(15-21)16-23(29)26-13-11-25(2)12-14-26/h4-10,15H,3,11-14,16-17H2,1-2H3. The van der Waals surface area contributed by atoms with Gasteiger partial charge in [0.2, 0.25) is 11.8 Å². The van der Waals surface area contributed by atoms with Crippen LogP contribution in [0.25, 0.3) is 0 Å². The number of hydrogen-bond donors (Lipinski definition) is 0. The third kappa shape index (κ3) is 5.64. The Hall–Kier alpha value is -2.73. The Bertz CT molecular complexity index is 845. The molecular weight excluding hydrogens is 369 g/mol. The summed E-state index contributed by atoms with van der Waals surface area (Å²) in [4.78, 5) is 31.0. The van der Waals surface area contributed by atoms with E-state index < -0.39 is 0 Å². The van der Waals surface area contributed by atoms with E-state index in [0.717, 1.165) is 43.0 Å². The molecule has 1 fully saturated rings. The van der Waals surface area contributed by atoms with Gasteiger partial charge in [0.05, 0.1) is 13.0 Å². The first-order valence-electron chi connectivity index (χ1n) is 10.1. The van der Waals surface area contributed by atoms with Gasteiger partial charge in [-0.2, -0.15) is 0 Å². The van der Waals surface area contributed by atoms with Crippen molar-refractivity contribution in [1.29, 1.82) is 0 Å². The molecule has 1 heterocycles. The molecule has 2 amide bonds. The van der Waals surface area contributed by atoms with E-state index in [2.05, 4.69) is 11.9 Å². The van der Waals surface area contributed by atoms with E-state index >= 15 is 0 Å². The number of rotatable bonds is 6. The summed E-state index contributed by atoms with van der Waals surface area (Å²) >= 11 is 0. The van der Waals surface area contributed by atoms with Crippen molar-refractivity contribution in [2.24, 2.45) is 0 Å². The molecule has 2 aromatic rings. The summed E-state index contributed by atoms with van der Waals surface area (Å²) in [6.45, 7) is 5.47. The topological polar surface area (TPSA) is 43.9 Å². The largest absolute Gasteiger partial charge is 0.340 e. The van der Waals surface area contributed by atoms with Crippen LogP contribution >= 0.6 is 0 Å². The molecule has 0 unspecified atom stereocenters. The quantitative estimate of drug-likeness (QED) is 0.752. The van der Waals surface area contributed by atoms with Crippen LogP contribution in [-0.4, -0.2) is 54.8 Å². The Balaban J connectivity index is 1.74. The van der Waals surface area contributed by atoms with Crippen LogP contribution < -0.4 is 4.90 Å². The number of halogens is 1. The second-order valence-corrected chi connectivity index (χ2v) is 7.49. The molecule has 0 saturated carbocycles. The van der Waals surface area contributed by atoms with E-state index in [4.69, 9.17) is 0 Å². The van der Waals surface area contributed by atoms with Crippen molar-refractivity contribution in [3.63, 3.8) is 0 Å². The Morgan fingerprint density at radius 1 is 1.00 bits per heavy atom. The number of carbonyl (C=O) groups excluding carboxylic acids is 2. The zero-order valence-electron chi connectivity index (χ0n) is 17.1. The van der Waals surface area contributed by atoms with E-state index in [9.17, 15) is 14.0 Å². The van der Waals surface area contributed by atoms with Crippen LogP contribution in [-0.2, 0) is 22.6 Å². The van der Waals surface area contributed by atoms with Gasteiger partial charge in [-0.3, -0.25) is 9.59 Å². The molecule has 154 valence electrons. The predicted octanol–water partition coefficient (Wildman–Crippen LogP) is 3.09. The van der Waals surface area contributed by atoms with Gasteiger partial charge in [-0.05, 0) is 42.4 Å². The maximum Gasteiger partial charge on any atom is 0.227 e. The number of piperazine rings is 1. The molecule has 0 aromatic heterocycles. The molecule has 0 bridgehead atoms. The number of benzene rings is 2. The monoisotopic (exact) mass is 397 g/mol. The Morgan fingerprint density at radius 3 is 2.34 bits per heavy atom. The Kier molecular flexibility index (Phi) is 6.99. The lowest BCUT2D eigenvalue weighted by molar-refractivity contribution is -0.132. The summed E-state index contributed by atoms with van der Waals surface area (Å²) in [5.74, 6) is -0.203. The number of hydrogen-bond acceptors (Lipinski definition) is 3. The smallest absolute Gasteiger partial charge is 0.227 e. The lowest BCUT2D eigenvalue weighted by Gasteiger charge is -2.32. The van der Waals surface area contributed by atoms with Gasteiger partial charge >= 0.3 is 0 Å². The van der Waals surface area contributed by atoms with Crippen LogP contribution in [0.2, 0.25) is 0 Å². The molecule has 6 heteroatoms. The molecule has 0 N–H and O–H groups in total. The fourth-order valence-electron chi connectivity index (χ4n) is 3.46. The van der Waals surface area contributed by atoms with Gasteiger partial charge in [-0.15, -0.1) is 0 Å². The van der Waals surface area contributed by atoms with Crippen LogP contribution in [0.4, 0.5) is 10.1 Å². The van der Waals surface area contributed by atoms with E-state index in [-0.39, 0.29) is 17.6 Å². The molecule has 0 spiro atoms. The molecule has 1 aliphatic rings. The lowest BCUT2D eigenvalue weighted by Crippen LogP contribution is -2.47. The minimum Gasteiger partial charge on any atom is -0.340 e. The number of nitrogens with zero attached hydrogens (tertiary/aromatic N) is 3. The van der Waals surface area contributed by atoms with E-state index in [1.165, 1.54) is 12.1 Å². The van der Waals surface area contributed by atoms with Crippen LogP contribution in [0.5, 0.6) is 0 Å². The molecule has 3 rings (SSSR count). The normalized spacial score (nSPS) is 14.7. The molecule has 1 saturated heterocycles. The van der Waals surface area contributed by atoms with Crippen molar-refractivity contribution < 1.29 is 14.0 Å². The van der Waals surface area contributed by atoms with E-state index in [1.54, 1.807) is 17.0 Å². The van der Waals surface area contributed by atoms with Gasteiger partial charge < -0.3 is 14.7 Å². The molecule has 5 nitrogen and oxygen atoms in total. The first kappa shape index (κ1) is 21.0. The SMILES string of the molecule is CCC(=O)N(Cc1ccc(F)cc1)c1cccc(CC(=O)N2CCN(C)CC2)c1. The highest BCUT2D eigenvalue weighted by molar-refractivity contribution is 5.93. The zero-order chi connectivity index (χ0) is 20.8. The van der Waals surface area contributed by atoms with Gasteiger partial charge in [0, 0.05) is 38.3 Å². The minimum atomic E-state index is -0.300. The van der Waals surface area contributed by atoms with Crippen molar-refractivity contribution in [3.05, 3.63) is 65.5 Å². The lowest BCUT2D eigenvalue weighted by atomic mass is 10.1. The molecule has 1 aliphatic heterocycles. The molecular formula is C23H28FN3O2. The highest BCUT2D eigenvalue weighted by Crippen LogP contribution is 2.21. The summed E-state index contributed by atoms with van der Waals surface area (Å²) in [5, 5.41) is 0. The van der Waals surface area contributed by atoms with Crippen molar-refractivity contribution in [2.75, 3.05) is 38.1 Å². The maximum absolute atomic E-state index is 13.2. The third-order valence-electron chi connectivity index (χ3n) is 5.29. The minimum absolute atomic E-state index is 0.0168. The Labute approximate surface area is 171 Å². The maximum atomic E-state index is 13.2. The van der Waals surface area contributed by atoms with E-state index in [1.807, 2.05) is 36.1 Å². The first-order chi connectivity index (χ1) is 14.0. The second-order valence-electron chi connectivity index (χ2n) is 7.49. The number of amides is 2. The highest BCUT2D eigenvalue weighted by Gasteiger charge is 2.20. The highest BCUT2D eigenvalue weighted by atomic mass is 19.1. The van der Waals surface area contributed by atoms with Crippen LogP contribution in [0, 0.1) is 5.82 Å². The van der Waals surface area contributed by atoms with Gasteiger partial charge in [-0.1, -0.05) is 31.2 Å². The summed E-state index contributed by atoms with van der Waals surface area (Å²) in [5.41, 5.74) is 2.50. The first-order valence-corrected chi connectivity index (χ1v) is 10.1. The van der Waals surface area contributed by atoms with E-state index in [0.29, 0.717) is 19.4 Å². The number of likely N-dealkylation sites (N-methyl/N-ethyl adjacent to an activating group) is 1. The second kappa shape index (κ2) is 9.65. The van der Waals surface area contributed by atoms with Crippen LogP contribution in [0.1, 0.15) is 24.5 Å². The van der Waals surface area contributed by atoms with Crippen LogP contribution in [0.3, 0.4) is 0 Å². The fourth-order valence-corrected chi connectivity index (χ4v) is 3.46. The van der Waals surface area contributed by atoms with Crippen molar-refractivity contribution in [3.8, 4) is 0 Å². The fraction of sp³-hybridized carbons (Fsp3) is 0.391. The average molecular weight is 397 g/mol. The van der Waals surface area contributed by atoms with Gasteiger partial charge in [0.25, 0.3) is 0 Å². The van der Waals surface area contributed by atoms with Gasteiger partial charge in [0.15, 0.2) is 0 Å². The molecule has 0 radical (unpaired) electrons. The summed E-state index contributed by atoms with van der Waals surface area (Å²) in [6, 6.07) is 13.8. The van der Waals surface area contributed by atoms with Crippen molar-refractivity contribution in [2.45, 2.75) is 26.3 Å². The predicted molar refractivity (Wildman–Crippen MR) is 112 cm³/mol. The average Bonchev–Trinajstić information content (AvgIpc) is 2.73. The molecule has 0 aliphatic carbocycles. The molecule has 0 atom stereocenters. The summed E-state index contributed by atoms with van der Waals surface area (Å²) in [7, 11) is 2.06. The summed E-state index contributed by atoms with van der Waals surface area (Å²) < 4.78 is 13.2. The number of carbonyl (C=O) groups is 2. The molecule has 29 heavy (non-hydrogen) atoms. The molecule has 2 aromatic carbocycles. The number of anilines is 1. The van der Waals surface area contributed by atoms with Gasteiger partial charge in [-0.25, -0.2) is 4.39 Å². The summed E-state index contributed by atoms with van der Waals surface area (Å²) in [6.07, 6.45) is 0.688. The van der Waals surface area contributed by atoms with Gasteiger partial charge in [0.1, 0.15) is 5.82 Å². The van der Waals surface area contributed by atoms with Crippen LogP contribution in [0.15, 0.2) is 48.5 Å².